The van der Waals surface area contributed by atoms with Crippen LogP contribution in [0.1, 0.15) is 23.6 Å². The number of rotatable bonds is 10. The summed E-state index contributed by atoms with van der Waals surface area (Å²) in [7, 11) is 0. The van der Waals surface area contributed by atoms with E-state index in [9.17, 15) is 43.0 Å². The number of fused-ring (bicyclic) bond motifs is 1. The summed E-state index contributed by atoms with van der Waals surface area (Å²) in [6, 6.07) is 3.10. The van der Waals surface area contributed by atoms with Gasteiger partial charge in [0.2, 0.25) is 12.4 Å². The number of benzene rings is 1. The molecule has 1 heterocycles. The number of hydrogen-bond donors (Lipinski definition) is 0. The second kappa shape index (κ2) is 11.4. The molecule has 0 spiro atoms. The first-order valence-corrected chi connectivity index (χ1v) is 9.86. The molecule has 2 atom stereocenters. The molecule has 1 aromatic carbocycles. The van der Waals surface area contributed by atoms with Crippen LogP contribution in [0.4, 0.5) is 18.0 Å². The lowest BCUT2D eigenvalue weighted by molar-refractivity contribution is -0.768. The van der Waals surface area contributed by atoms with Gasteiger partial charge in [0.05, 0.1) is 5.57 Å². The Kier molecular flexibility index (Phi) is 8.85. The lowest BCUT2D eigenvalue weighted by Gasteiger charge is -2.29. The number of carbonyl (C=O) groups is 2. The molecular weight excluding hydrogens is 505 g/mol. The molecule has 0 saturated carbocycles. The number of esters is 1. The van der Waals surface area contributed by atoms with E-state index in [1.165, 1.54) is 6.07 Å². The number of halogens is 3. The molecule has 0 aliphatic carbocycles. The predicted octanol–water partition coefficient (Wildman–Crippen LogP) is 2.84. The number of nitrogens with zero attached hydrogens (tertiary/aromatic N) is 2. The van der Waals surface area contributed by atoms with E-state index in [0.29, 0.717) is 11.1 Å². The van der Waals surface area contributed by atoms with E-state index in [1.54, 1.807) is 19.9 Å². The van der Waals surface area contributed by atoms with Crippen molar-refractivity contribution in [2.24, 2.45) is 0 Å². The van der Waals surface area contributed by atoms with Gasteiger partial charge in [0.25, 0.3) is 10.2 Å². The van der Waals surface area contributed by atoms with Crippen molar-refractivity contribution in [2.75, 3.05) is 13.2 Å². The van der Waals surface area contributed by atoms with Crippen LogP contribution >= 0.6 is 0 Å². The summed E-state index contributed by atoms with van der Waals surface area (Å²) in [6.07, 6.45) is -11.9. The van der Waals surface area contributed by atoms with Crippen molar-refractivity contribution in [3.05, 3.63) is 54.6 Å². The molecule has 198 valence electrons. The summed E-state index contributed by atoms with van der Waals surface area (Å²) < 4.78 is 59.8. The average molecular weight is 524 g/mol. The first-order valence-electron chi connectivity index (χ1n) is 9.86. The molecule has 36 heavy (non-hydrogen) atoms. The maximum absolute atomic E-state index is 13.6. The van der Waals surface area contributed by atoms with Crippen LogP contribution in [0, 0.1) is 34.1 Å². The van der Waals surface area contributed by atoms with E-state index >= 15 is 0 Å². The predicted molar refractivity (Wildman–Crippen MR) is 107 cm³/mol. The fourth-order valence-corrected chi connectivity index (χ4v) is 3.04. The molecule has 1 unspecified atom stereocenters. The van der Waals surface area contributed by atoms with Crippen LogP contribution in [0.3, 0.4) is 0 Å². The minimum Gasteiger partial charge on any atom is -0.475 e. The zero-order valence-corrected chi connectivity index (χ0v) is 18.8. The number of carbonyl (C=O) groups excluding carboxylic acids is 2. The zero-order chi connectivity index (χ0) is 27.2. The van der Waals surface area contributed by atoms with Crippen molar-refractivity contribution in [3.63, 3.8) is 0 Å². The Hall–Kier alpha value is -4.31. The molecule has 1 aromatic rings. The molecule has 0 radical (unpaired) electrons. The molecule has 0 saturated heterocycles. The third kappa shape index (κ3) is 7.88. The van der Waals surface area contributed by atoms with Gasteiger partial charge in [-0.25, -0.2) is 9.59 Å². The maximum Gasteiger partial charge on any atom is 0.511 e. The van der Waals surface area contributed by atoms with E-state index in [2.05, 4.69) is 19.1 Å². The van der Waals surface area contributed by atoms with Crippen LogP contribution in [0.2, 0.25) is 0 Å². The van der Waals surface area contributed by atoms with Gasteiger partial charge in [-0.3, -0.25) is 0 Å². The molecule has 1 aliphatic rings. The zero-order valence-electron chi connectivity index (χ0n) is 18.8. The first kappa shape index (κ1) is 27.9. The second-order valence-electron chi connectivity index (χ2n) is 7.26. The summed E-state index contributed by atoms with van der Waals surface area (Å²) >= 11 is 0. The summed E-state index contributed by atoms with van der Waals surface area (Å²) in [4.78, 5) is 52.8. The smallest absolute Gasteiger partial charge is 0.475 e. The molecule has 0 amide bonds. The van der Waals surface area contributed by atoms with Gasteiger partial charge < -0.3 is 28.6 Å². The van der Waals surface area contributed by atoms with Crippen molar-refractivity contribution in [1.82, 2.24) is 0 Å². The average Bonchev–Trinajstić information content (AvgIpc) is 2.73. The van der Waals surface area contributed by atoms with E-state index in [1.807, 2.05) is 0 Å². The van der Waals surface area contributed by atoms with Gasteiger partial charge in [0.1, 0.15) is 19.0 Å². The fraction of sp³-hybridized carbons (Fsp3) is 0.474. The Morgan fingerprint density at radius 3 is 2.17 bits per heavy atom. The first-order chi connectivity index (χ1) is 16.7. The number of ether oxygens (including phenoxy) is 4. The molecule has 0 aromatic heterocycles. The van der Waals surface area contributed by atoms with E-state index in [-0.39, 0.29) is 11.3 Å². The Bertz CT molecular complexity index is 1040. The van der Waals surface area contributed by atoms with Gasteiger partial charge in [0.15, 0.2) is 6.10 Å². The Morgan fingerprint density at radius 1 is 1.06 bits per heavy atom. The monoisotopic (exact) mass is 524 g/mol. The highest BCUT2D eigenvalue weighted by Crippen LogP contribution is 2.39. The Balaban J connectivity index is 2.11. The standard InChI is InChI=1S/C19H19F3N2O12/c1-9-4-10(2)15-12(5-9)6-14(16(36-15)19(20,21)22)17(25)33-11(3)34-18(26)35-13(7-31-23(27)28)8-32-24(29)30/h4-6,11,13,16H,7-8H2,1-3H3/t11?,16-/m0/s1. The largest absolute Gasteiger partial charge is 0.511 e. The molecular formula is C19H19F3N2O12. The van der Waals surface area contributed by atoms with Crippen molar-refractivity contribution in [2.45, 2.75) is 45.4 Å². The van der Waals surface area contributed by atoms with Crippen LogP contribution in [0.5, 0.6) is 5.75 Å². The van der Waals surface area contributed by atoms with Crippen LogP contribution in [0.25, 0.3) is 6.08 Å². The van der Waals surface area contributed by atoms with Crippen molar-refractivity contribution >= 4 is 18.2 Å². The lowest BCUT2D eigenvalue weighted by atomic mass is 9.97. The Labute approximate surface area is 199 Å². The molecule has 0 bridgehead atoms. The fourth-order valence-electron chi connectivity index (χ4n) is 3.04. The number of alkyl halides is 3. The second-order valence-corrected chi connectivity index (χ2v) is 7.26. The van der Waals surface area contributed by atoms with Crippen LogP contribution in [0.15, 0.2) is 17.7 Å². The minimum atomic E-state index is -5.00. The summed E-state index contributed by atoms with van der Waals surface area (Å²) in [6.45, 7) is 2.25. The molecule has 1 aliphatic heterocycles. The van der Waals surface area contributed by atoms with E-state index in [0.717, 1.165) is 13.0 Å². The Morgan fingerprint density at radius 2 is 1.64 bits per heavy atom. The van der Waals surface area contributed by atoms with Crippen molar-refractivity contribution < 1.29 is 61.6 Å². The molecule has 14 nitrogen and oxygen atoms in total. The van der Waals surface area contributed by atoms with Crippen LogP contribution in [-0.4, -0.2) is 60.2 Å². The van der Waals surface area contributed by atoms with Gasteiger partial charge >= 0.3 is 18.3 Å². The lowest BCUT2D eigenvalue weighted by Crippen LogP contribution is -2.41. The van der Waals surface area contributed by atoms with Gasteiger partial charge in [-0.15, -0.1) is 20.2 Å². The topological polar surface area (TPSA) is 176 Å². The summed E-state index contributed by atoms with van der Waals surface area (Å²) in [5.74, 6) is -1.58. The van der Waals surface area contributed by atoms with Gasteiger partial charge in [-0.05, 0) is 31.6 Å². The maximum atomic E-state index is 13.6. The number of hydrogen-bond acceptors (Lipinski definition) is 12. The molecule has 2 rings (SSSR count). The van der Waals surface area contributed by atoms with Gasteiger partial charge in [-0.1, -0.05) is 11.6 Å². The van der Waals surface area contributed by atoms with E-state index in [4.69, 9.17) is 9.47 Å². The van der Waals surface area contributed by atoms with Crippen molar-refractivity contribution in [3.8, 4) is 5.75 Å². The quantitative estimate of drug-likeness (QED) is 0.190. The highest BCUT2D eigenvalue weighted by Gasteiger charge is 2.49. The minimum absolute atomic E-state index is 0.0627. The van der Waals surface area contributed by atoms with Crippen LogP contribution < -0.4 is 4.74 Å². The van der Waals surface area contributed by atoms with Gasteiger partial charge in [0, 0.05) is 12.5 Å². The third-order valence-corrected chi connectivity index (χ3v) is 4.34. The van der Waals surface area contributed by atoms with Gasteiger partial charge in [-0.2, -0.15) is 13.2 Å². The van der Waals surface area contributed by atoms with E-state index < -0.39 is 65.8 Å². The SMILES string of the molecule is Cc1cc(C)c2c(c1)C=C(C(=O)OC(C)OC(=O)OC(CO[N+](=O)[O-])CO[N+](=O)[O-])[C@@H](C(F)(F)F)O2. The number of aryl methyl sites for hydroxylation is 2. The molecule has 0 fully saturated rings. The third-order valence-electron chi connectivity index (χ3n) is 4.34. The summed E-state index contributed by atoms with van der Waals surface area (Å²) in [5, 5.41) is 18.0. The normalized spacial score (nSPS) is 15.5. The summed E-state index contributed by atoms with van der Waals surface area (Å²) in [5.41, 5.74) is 0.396. The molecule has 0 N–H and O–H groups in total. The highest BCUT2D eigenvalue weighted by molar-refractivity contribution is 5.96. The molecule has 17 heteroatoms. The van der Waals surface area contributed by atoms with Crippen LogP contribution in [-0.2, 0) is 28.7 Å². The van der Waals surface area contributed by atoms with Crippen molar-refractivity contribution in [1.29, 1.82) is 0 Å². The highest BCUT2D eigenvalue weighted by atomic mass is 19.4.